The number of fused-ring (bicyclic) bond motifs is 1. The van der Waals surface area contributed by atoms with Crippen LogP contribution >= 0.6 is 0 Å². The largest absolute Gasteiger partial charge is 0.439 e. The van der Waals surface area contributed by atoms with E-state index in [0.29, 0.717) is 17.6 Å². The highest BCUT2D eigenvalue weighted by Gasteiger charge is 2.14. The van der Waals surface area contributed by atoms with E-state index in [1.165, 1.54) is 6.42 Å². The van der Waals surface area contributed by atoms with Crippen LogP contribution in [0.4, 0.5) is 5.69 Å². The van der Waals surface area contributed by atoms with Crippen molar-refractivity contribution in [3.63, 3.8) is 0 Å². The molecule has 0 fully saturated rings. The summed E-state index contributed by atoms with van der Waals surface area (Å²) in [5.74, 6) is 1.44. The zero-order valence-electron chi connectivity index (χ0n) is 12.2. The van der Waals surface area contributed by atoms with Gasteiger partial charge in [-0.1, -0.05) is 13.8 Å². The van der Waals surface area contributed by atoms with E-state index in [9.17, 15) is 0 Å². The van der Waals surface area contributed by atoms with Crippen LogP contribution in [-0.4, -0.2) is 23.0 Å². The summed E-state index contributed by atoms with van der Waals surface area (Å²) in [6.45, 7) is 7.45. The highest BCUT2D eigenvalue weighted by atomic mass is 16.3. The quantitative estimate of drug-likeness (QED) is 0.839. The zero-order valence-corrected chi connectivity index (χ0v) is 12.2. The number of rotatable bonds is 5. The van der Waals surface area contributed by atoms with Crippen LogP contribution in [0, 0.1) is 5.92 Å². The van der Waals surface area contributed by atoms with Crippen molar-refractivity contribution >= 4 is 16.8 Å². The van der Waals surface area contributed by atoms with Crippen LogP contribution < -0.4 is 5.73 Å². The van der Waals surface area contributed by atoms with Crippen molar-refractivity contribution in [2.45, 2.75) is 39.8 Å². The Morgan fingerprint density at radius 3 is 2.74 bits per heavy atom. The van der Waals surface area contributed by atoms with Gasteiger partial charge in [-0.2, -0.15) is 0 Å². The number of hydrogen-bond donors (Lipinski definition) is 1. The summed E-state index contributed by atoms with van der Waals surface area (Å²) in [6.07, 6.45) is 1.17. The first kappa shape index (κ1) is 13.9. The Labute approximate surface area is 114 Å². The van der Waals surface area contributed by atoms with E-state index in [4.69, 9.17) is 10.2 Å². The smallest absolute Gasteiger partial charge is 0.209 e. The molecule has 0 amide bonds. The minimum Gasteiger partial charge on any atom is -0.439 e. The number of nitrogens with zero attached hydrogens (tertiary/aromatic N) is 2. The fourth-order valence-corrected chi connectivity index (χ4v) is 2.29. The molecule has 0 saturated carbocycles. The monoisotopic (exact) mass is 261 g/mol. The molecular formula is C15H23N3O. The molecule has 104 valence electrons. The van der Waals surface area contributed by atoms with E-state index in [1.54, 1.807) is 0 Å². The lowest BCUT2D eigenvalue weighted by Gasteiger charge is -2.24. The fourth-order valence-electron chi connectivity index (χ4n) is 2.29. The van der Waals surface area contributed by atoms with Crippen molar-refractivity contribution in [1.29, 1.82) is 0 Å². The highest BCUT2D eigenvalue weighted by Crippen LogP contribution is 2.20. The third-order valence-electron chi connectivity index (χ3n) is 3.41. The number of hydrogen-bond acceptors (Lipinski definition) is 4. The summed E-state index contributed by atoms with van der Waals surface area (Å²) in [4.78, 5) is 6.76. The van der Waals surface area contributed by atoms with Crippen LogP contribution in [0.5, 0.6) is 0 Å². The van der Waals surface area contributed by atoms with Crippen molar-refractivity contribution in [1.82, 2.24) is 9.88 Å². The fraction of sp³-hybridized carbons (Fsp3) is 0.533. The first-order valence-electron chi connectivity index (χ1n) is 6.81. The van der Waals surface area contributed by atoms with Gasteiger partial charge in [0.25, 0.3) is 0 Å². The predicted molar refractivity (Wildman–Crippen MR) is 78.8 cm³/mol. The molecule has 0 aliphatic heterocycles. The second-order valence-corrected chi connectivity index (χ2v) is 5.73. The molecule has 4 heteroatoms. The SMILES string of the molecule is CC(C)CC(C)N(C)Cc1nc2cc(N)ccc2o1. The van der Waals surface area contributed by atoms with Gasteiger partial charge in [-0.05, 0) is 44.5 Å². The Kier molecular flexibility index (Phi) is 4.10. The summed E-state index contributed by atoms with van der Waals surface area (Å²) >= 11 is 0. The maximum absolute atomic E-state index is 5.75. The Hall–Kier alpha value is -1.55. The molecule has 1 aromatic carbocycles. The van der Waals surface area contributed by atoms with Gasteiger partial charge < -0.3 is 10.2 Å². The van der Waals surface area contributed by atoms with Crippen molar-refractivity contribution in [3.8, 4) is 0 Å². The van der Waals surface area contributed by atoms with E-state index in [2.05, 4.69) is 37.7 Å². The average Bonchev–Trinajstić information content (AvgIpc) is 2.69. The molecule has 1 atom stereocenters. The summed E-state index contributed by atoms with van der Waals surface area (Å²) in [6, 6.07) is 6.07. The Morgan fingerprint density at radius 2 is 2.05 bits per heavy atom. The Bertz CT molecular complexity index is 547. The molecule has 19 heavy (non-hydrogen) atoms. The van der Waals surface area contributed by atoms with Crippen LogP contribution in [0.25, 0.3) is 11.1 Å². The molecule has 1 unspecified atom stereocenters. The first-order chi connectivity index (χ1) is 8.95. The van der Waals surface area contributed by atoms with E-state index >= 15 is 0 Å². The van der Waals surface area contributed by atoms with Crippen molar-refractivity contribution in [2.75, 3.05) is 12.8 Å². The molecular weight excluding hydrogens is 238 g/mol. The maximum atomic E-state index is 5.75. The lowest BCUT2D eigenvalue weighted by atomic mass is 10.0. The standard InChI is InChI=1S/C15H23N3O/c1-10(2)7-11(3)18(4)9-15-17-13-8-12(16)5-6-14(13)19-15/h5-6,8,10-11H,7,9,16H2,1-4H3. The summed E-state index contributed by atoms with van der Waals surface area (Å²) in [5, 5.41) is 0. The molecule has 2 rings (SSSR count). The first-order valence-corrected chi connectivity index (χ1v) is 6.81. The van der Waals surface area contributed by atoms with Crippen molar-refractivity contribution in [2.24, 2.45) is 5.92 Å². The van der Waals surface area contributed by atoms with Gasteiger partial charge >= 0.3 is 0 Å². The maximum Gasteiger partial charge on any atom is 0.209 e. The number of aromatic nitrogens is 1. The van der Waals surface area contributed by atoms with Crippen LogP contribution in [0.2, 0.25) is 0 Å². The molecule has 1 heterocycles. The van der Waals surface area contributed by atoms with Gasteiger partial charge in [-0.15, -0.1) is 0 Å². The average molecular weight is 261 g/mol. The zero-order chi connectivity index (χ0) is 14.0. The predicted octanol–water partition coefficient (Wildman–Crippen LogP) is 3.28. The number of oxazole rings is 1. The third-order valence-corrected chi connectivity index (χ3v) is 3.41. The van der Waals surface area contributed by atoms with Crippen LogP contribution in [0.1, 0.15) is 33.1 Å². The van der Waals surface area contributed by atoms with E-state index in [-0.39, 0.29) is 0 Å². The summed E-state index contributed by atoms with van der Waals surface area (Å²) < 4.78 is 5.74. The third kappa shape index (κ3) is 3.47. The van der Waals surface area contributed by atoms with Crippen molar-refractivity contribution < 1.29 is 4.42 Å². The van der Waals surface area contributed by atoms with Crippen LogP contribution in [-0.2, 0) is 6.54 Å². The van der Waals surface area contributed by atoms with Gasteiger partial charge in [-0.25, -0.2) is 4.98 Å². The number of nitrogen functional groups attached to an aromatic ring is 1. The normalized spacial score (nSPS) is 13.6. The van der Waals surface area contributed by atoms with Gasteiger partial charge in [0.15, 0.2) is 5.58 Å². The second kappa shape index (κ2) is 5.61. The van der Waals surface area contributed by atoms with Gasteiger partial charge in [0, 0.05) is 11.7 Å². The molecule has 2 aromatic rings. The van der Waals surface area contributed by atoms with Crippen LogP contribution in [0.3, 0.4) is 0 Å². The minimum atomic E-state index is 0.514. The lowest BCUT2D eigenvalue weighted by Crippen LogP contribution is -2.29. The van der Waals surface area contributed by atoms with E-state index < -0.39 is 0 Å². The van der Waals surface area contributed by atoms with Crippen LogP contribution in [0.15, 0.2) is 22.6 Å². The number of nitrogens with two attached hydrogens (primary N) is 1. The molecule has 0 spiro atoms. The number of anilines is 1. The summed E-state index contributed by atoms with van der Waals surface area (Å²) in [7, 11) is 2.11. The molecule has 4 nitrogen and oxygen atoms in total. The van der Waals surface area contributed by atoms with Gasteiger partial charge in [0.2, 0.25) is 5.89 Å². The van der Waals surface area contributed by atoms with E-state index in [0.717, 1.165) is 23.5 Å². The summed E-state index contributed by atoms with van der Waals surface area (Å²) in [5.41, 5.74) is 8.10. The lowest BCUT2D eigenvalue weighted by molar-refractivity contribution is 0.203. The number of benzene rings is 1. The molecule has 2 N–H and O–H groups in total. The molecule has 0 saturated heterocycles. The highest BCUT2D eigenvalue weighted by molar-refractivity contribution is 5.76. The van der Waals surface area contributed by atoms with Crippen molar-refractivity contribution in [3.05, 3.63) is 24.1 Å². The van der Waals surface area contributed by atoms with Gasteiger partial charge in [0.05, 0.1) is 6.54 Å². The molecule has 1 aromatic heterocycles. The van der Waals surface area contributed by atoms with E-state index in [1.807, 2.05) is 18.2 Å². The topological polar surface area (TPSA) is 55.3 Å². The molecule has 0 aliphatic carbocycles. The second-order valence-electron chi connectivity index (χ2n) is 5.73. The van der Waals surface area contributed by atoms with Gasteiger partial charge in [0.1, 0.15) is 5.52 Å². The molecule has 0 aliphatic rings. The molecule has 0 radical (unpaired) electrons. The molecule has 0 bridgehead atoms. The minimum absolute atomic E-state index is 0.514. The Balaban J connectivity index is 2.08. The van der Waals surface area contributed by atoms with Gasteiger partial charge in [-0.3, -0.25) is 4.90 Å². The Morgan fingerprint density at radius 1 is 1.32 bits per heavy atom.